The molecule has 3 rings (SSSR count). The summed E-state index contributed by atoms with van der Waals surface area (Å²) < 4.78 is 16.1. The minimum Gasteiger partial charge on any atom is -0.496 e. The van der Waals surface area contributed by atoms with Gasteiger partial charge in [-0.1, -0.05) is 12.1 Å². The summed E-state index contributed by atoms with van der Waals surface area (Å²) in [5, 5.41) is 8.94. The molecule has 0 aliphatic carbocycles. The summed E-state index contributed by atoms with van der Waals surface area (Å²) in [5.41, 5.74) is 2.29. The van der Waals surface area contributed by atoms with E-state index in [2.05, 4.69) is 11.0 Å². The summed E-state index contributed by atoms with van der Waals surface area (Å²) in [6.07, 6.45) is 0.887. The Morgan fingerprint density at radius 1 is 0.933 bits per heavy atom. The number of amides is 1. The number of hydrogen-bond acceptors (Lipinski definition) is 6. The number of ether oxygens (including phenoxy) is 3. The Morgan fingerprint density at radius 3 is 2.23 bits per heavy atom. The molecule has 1 fully saturated rings. The highest BCUT2D eigenvalue weighted by atomic mass is 16.5. The lowest BCUT2D eigenvalue weighted by Crippen LogP contribution is -2.35. The Kier molecular flexibility index (Phi) is 7.15. The summed E-state index contributed by atoms with van der Waals surface area (Å²) in [7, 11) is 4.64. The van der Waals surface area contributed by atoms with Gasteiger partial charge in [-0.05, 0) is 24.1 Å². The van der Waals surface area contributed by atoms with Gasteiger partial charge in [-0.15, -0.1) is 0 Å². The number of hydrogen-bond donors (Lipinski definition) is 0. The second-order valence-electron chi connectivity index (χ2n) is 7.14. The van der Waals surface area contributed by atoms with Gasteiger partial charge in [0.15, 0.2) is 11.5 Å². The molecule has 0 N–H and O–H groups in total. The molecular weight excluding hydrogens is 382 g/mol. The second-order valence-corrected chi connectivity index (χ2v) is 7.14. The summed E-state index contributed by atoms with van der Waals surface area (Å²) in [4.78, 5) is 17.4. The van der Waals surface area contributed by atoms with Gasteiger partial charge in [-0.25, -0.2) is 0 Å². The molecule has 0 aromatic heterocycles. The molecule has 2 aromatic rings. The first-order chi connectivity index (χ1) is 14.6. The Morgan fingerprint density at radius 2 is 1.60 bits per heavy atom. The Hall–Kier alpha value is -3.24. The number of rotatable bonds is 6. The lowest BCUT2D eigenvalue weighted by atomic mass is 10.1. The van der Waals surface area contributed by atoms with Crippen LogP contribution in [0.5, 0.6) is 17.2 Å². The van der Waals surface area contributed by atoms with Gasteiger partial charge in [0, 0.05) is 44.9 Å². The third-order valence-electron chi connectivity index (χ3n) is 5.30. The van der Waals surface area contributed by atoms with Gasteiger partial charge < -0.3 is 19.1 Å². The molecule has 30 heavy (non-hydrogen) atoms. The third kappa shape index (κ3) is 4.84. The number of methoxy groups -OCH3 is 3. The highest BCUT2D eigenvalue weighted by molar-refractivity contribution is 5.97. The fourth-order valence-electron chi connectivity index (χ4n) is 3.64. The fraction of sp³-hybridized carbons (Fsp3) is 0.391. The van der Waals surface area contributed by atoms with E-state index < -0.39 is 0 Å². The Labute approximate surface area is 177 Å². The average Bonchev–Trinajstić information content (AvgIpc) is 3.03. The molecular formula is C23H27N3O4. The van der Waals surface area contributed by atoms with Gasteiger partial charge in [0.25, 0.3) is 5.91 Å². The normalized spacial score (nSPS) is 14.5. The SMILES string of the molecule is COc1cc(OC)c(C(=O)N2CCCN(Cc3ccc(C#N)cc3)CC2)cc1OC. The minimum atomic E-state index is -0.0759. The molecule has 1 aliphatic rings. The predicted octanol–water partition coefficient (Wildman–Crippen LogP) is 2.93. The maximum Gasteiger partial charge on any atom is 0.257 e. The van der Waals surface area contributed by atoms with E-state index in [9.17, 15) is 4.79 Å². The first-order valence-corrected chi connectivity index (χ1v) is 9.90. The summed E-state index contributed by atoms with van der Waals surface area (Å²) in [5.74, 6) is 1.42. The van der Waals surface area contributed by atoms with E-state index in [4.69, 9.17) is 19.5 Å². The molecule has 0 saturated carbocycles. The molecule has 0 atom stereocenters. The lowest BCUT2D eigenvalue weighted by Gasteiger charge is -2.23. The monoisotopic (exact) mass is 409 g/mol. The highest BCUT2D eigenvalue weighted by Gasteiger charge is 2.25. The van der Waals surface area contributed by atoms with Crippen molar-refractivity contribution in [2.45, 2.75) is 13.0 Å². The van der Waals surface area contributed by atoms with Gasteiger partial charge in [0.1, 0.15) is 5.75 Å². The van der Waals surface area contributed by atoms with Gasteiger partial charge in [0.2, 0.25) is 0 Å². The third-order valence-corrected chi connectivity index (χ3v) is 5.30. The van der Waals surface area contributed by atoms with Crippen LogP contribution in [0, 0.1) is 11.3 Å². The molecule has 7 heteroatoms. The van der Waals surface area contributed by atoms with Crippen molar-refractivity contribution >= 4 is 5.91 Å². The lowest BCUT2D eigenvalue weighted by molar-refractivity contribution is 0.0757. The van der Waals surface area contributed by atoms with Crippen LogP contribution in [0.3, 0.4) is 0 Å². The van der Waals surface area contributed by atoms with Crippen molar-refractivity contribution in [1.82, 2.24) is 9.80 Å². The van der Waals surface area contributed by atoms with E-state index in [1.165, 1.54) is 0 Å². The fourth-order valence-corrected chi connectivity index (χ4v) is 3.64. The molecule has 0 spiro atoms. The van der Waals surface area contributed by atoms with Crippen LogP contribution >= 0.6 is 0 Å². The van der Waals surface area contributed by atoms with Gasteiger partial charge >= 0.3 is 0 Å². The zero-order valence-corrected chi connectivity index (χ0v) is 17.7. The average molecular weight is 409 g/mol. The zero-order chi connectivity index (χ0) is 21.5. The Bertz CT molecular complexity index is 921. The number of nitriles is 1. The van der Waals surface area contributed by atoms with Crippen LogP contribution in [0.25, 0.3) is 0 Å². The summed E-state index contributed by atoms with van der Waals surface area (Å²) in [6.45, 7) is 3.80. The topological polar surface area (TPSA) is 75.0 Å². The van der Waals surface area contributed by atoms with Crippen LogP contribution in [0.2, 0.25) is 0 Å². The molecule has 2 aromatic carbocycles. The summed E-state index contributed by atoms with van der Waals surface area (Å²) in [6, 6.07) is 13.2. The number of carbonyl (C=O) groups is 1. The zero-order valence-electron chi connectivity index (χ0n) is 17.7. The number of benzene rings is 2. The van der Waals surface area contributed by atoms with Crippen molar-refractivity contribution < 1.29 is 19.0 Å². The largest absolute Gasteiger partial charge is 0.496 e. The maximum absolute atomic E-state index is 13.2. The van der Waals surface area contributed by atoms with Crippen molar-refractivity contribution in [2.24, 2.45) is 0 Å². The first kappa shape index (κ1) is 21.5. The van der Waals surface area contributed by atoms with Gasteiger partial charge in [0.05, 0.1) is 38.5 Å². The quantitative estimate of drug-likeness (QED) is 0.730. The highest BCUT2D eigenvalue weighted by Crippen LogP contribution is 2.35. The van der Waals surface area contributed by atoms with Gasteiger partial charge in [-0.3, -0.25) is 9.69 Å². The number of carbonyl (C=O) groups excluding carboxylic acids is 1. The molecule has 1 heterocycles. The van der Waals surface area contributed by atoms with Crippen LogP contribution in [-0.2, 0) is 6.54 Å². The smallest absolute Gasteiger partial charge is 0.257 e. The standard InChI is InChI=1S/C23H27N3O4/c1-28-20-14-22(30-3)21(29-2)13-19(20)23(27)26-10-4-9-25(11-12-26)16-18-7-5-17(15-24)6-8-18/h5-8,13-14H,4,9-12,16H2,1-3H3. The van der Waals surface area contributed by atoms with Crippen molar-refractivity contribution in [3.8, 4) is 23.3 Å². The van der Waals surface area contributed by atoms with Gasteiger partial charge in [-0.2, -0.15) is 5.26 Å². The second kappa shape index (κ2) is 9.99. The maximum atomic E-state index is 13.2. The Balaban J connectivity index is 1.70. The molecule has 1 aliphatic heterocycles. The van der Waals surface area contributed by atoms with Crippen molar-refractivity contribution in [3.05, 3.63) is 53.1 Å². The summed E-state index contributed by atoms with van der Waals surface area (Å²) >= 11 is 0. The van der Waals surface area contributed by atoms with E-state index in [0.717, 1.165) is 31.6 Å². The molecule has 158 valence electrons. The molecule has 0 unspecified atom stereocenters. The van der Waals surface area contributed by atoms with Crippen LogP contribution < -0.4 is 14.2 Å². The van der Waals surface area contributed by atoms with E-state index in [-0.39, 0.29) is 5.91 Å². The number of nitrogens with zero attached hydrogens (tertiary/aromatic N) is 3. The molecule has 1 amide bonds. The molecule has 7 nitrogen and oxygen atoms in total. The van der Waals surface area contributed by atoms with Crippen LogP contribution in [0.1, 0.15) is 27.9 Å². The molecule has 0 bridgehead atoms. The predicted molar refractivity (Wildman–Crippen MR) is 113 cm³/mol. The van der Waals surface area contributed by atoms with E-state index >= 15 is 0 Å². The van der Waals surface area contributed by atoms with E-state index in [0.29, 0.717) is 41.5 Å². The van der Waals surface area contributed by atoms with Crippen LogP contribution in [-0.4, -0.2) is 63.2 Å². The minimum absolute atomic E-state index is 0.0759. The van der Waals surface area contributed by atoms with Crippen molar-refractivity contribution in [1.29, 1.82) is 5.26 Å². The van der Waals surface area contributed by atoms with Crippen molar-refractivity contribution in [2.75, 3.05) is 47.5 Å². The van der Waals surface area contributed by atoms with Crippen LogP contribution in [0.4, 0.5) is 0 Å². The van der Waals surface area contributed by atoms with E-state index in [1.807, 2.05) is 29.2 Å². The van der Waals surface area contributed by atoms with E-state index in [1.54, 1.807) is 33.5 Å². The van der Waals surface area contributed by atoms with Crippen LogP contribution in [0.15, 0.2) is 36.4 Å². The molecule has 0 radical (unpaired) electrons. The molecule has 1 saturated heterocycles. The van der Waals surface area contributed by atoms with Crippen molar-refractivity contribution in [3.63, 3.8) is 0 Å². The first-order valence-electron chi connectivity index (χ1n) is 9.90.